The number of ether oxygens (including phenoxy) is 2. The summed E-state index contributed by atoms with van der Waals surface area (Å²) in [4.78, 5) is 0. The first-order valence-electron chi connectivity index (χ1n) is 3.68. The lowest BCUT2D eigenvalue weighted by Gasteiger charge is -2.44. The van der Waals surface area contributed by atoms with Crippen LogP contribution in [0, 0.1) is 5.92 Å². The van der Waals surface area contributed by atoms with Crippen molar-refractivity contribution in [3.05, 3.63) is 0 Å². The Kier molecular flexibility index (Phi) is 2.35. The van der Waals surface area contributed by atoms with Crippen molar-refractivity contribution in [3.63, 3.8) is 0 Å². The van der Waals surface area contributed by atoms with Gasteiger partial charge in [-0.3, -0.25) is 0 Å². The van der Waals surface area contributed by atoms with Gasteiger partial charge in [0.05, 0.1) is 6.61 Å². The Morgan fingerprint density at radius 3 is 2.42 bits per heavy atom. The van der Waals surface area contributed by atoms with Gasteiger partial charge in [0.1, 0.15) is 6.61 Å². The Morgan fingerprint density at radius 2 is 2.17 bits per heavy atom. The van der Waals surface area contributed by atoms with E-state index in [0.29, 0.717) is 6.61 Å². The number of alkyl halides is 3. The second-order valence-electron chi connectivity index (χ2n) is 3.13. The Labute approximate surface area is 68.6 Å². The summed E-state index contributed by atoms with van der Waals surface area (Å²) in [6.45, 7) is 2.54. The second-order valence-corrected chi connectivity index (χ2v) is 3.13. The van der Waals surface area contributed by atoms with E-state index < -0.39 is 18.6 Å². The van der Waals surface area contributed by atoms with Crippen molar-refractivity contribution in [1.82, 2.24) is 0 Å². The van der Waals surface area contributed by atoms with Crippen molar-refractivity contribution >= 4 is 0 Å². The molecule has 0 aliphatic carbocycles. The summed E-state index contributed by atoms with van der Waals surface area (Å²) in [5.41, 5.74) is 0. The molecule has 72 valence electrons. The first kappa shape index (κ1) is 9.80. The van der Waals surface area contributed by atoms with Crippen LogP contribution in [0.1, 0.15) is 13.8 Å². The Hall–Kier alpha value is -0.290. The highest BCUT2D eigenvalue weighted by Gasteiger charge is 2.45. The lowest BCUT2D eigenvalue weighted by Crippen LogP contribution is -2.52. The molecule has 0 radical (unpaired) electrons. The largest absolute Gasteiger partial charge is 0.411 e. The Morgan fingerprint density at radius 1 is 1.58 bits per heavy atom. The molecule has 2 unspecified atom stereocenters. The molecule has 1 fully saturated rings. The number of rotatable bonds is 2. The Balaban J connectivity index is 2.32. The molecular weight excluding hydrogens is 173 g/mol. The summed E-state index contributed by atoms with van der Waals surface area (Å²) in [7, 11) is 0. The average Bonchev–Trinajstić information content (AvgIpc) is 1.96. The van der Waals surface area contributed by atoms with Crippen LogP contribution in [0.3, 0.4) is 0 Å². The van der Waals surface area contributed by atoms with Gasteiger partial charge in [-0.2, -0.15) is 13.2 Å². The lowest BCUT2D eigenvalue weighted by molar-refractivity contribution is -0.355. The highest BCUT2D eigenvalue weighted by Crippen LogP contribution is 2.34. The average molecular weight is 184 g/mol. The van der Waals surface area contributed by atoms with E-state index >= 15 is 0 Å². The number of halogens is 3. The highest BCUT2D eigenvalue weighted by atomic mass is 19.4. The van der Waals surface area contributed by atoms with E-state index in [-0.39, 0.29) is 5.92 Å². The summed E-state index contributed by atoms with van der Waals surface area (Å²) in [6.07, 6.45) is -4.28. The minimum absolute atomic E-state index is 0.0276. The van der Waals surface area contributed by atoms with Crippen LogP contribution in [-0.4, -0.2) is 25.2 Å². The zero-order valence-electron chi connectivity index (χ0n) is 6.94. The van der Waals surface area contributed by atoms with E-state index in [2.05, 4.69) is 4.74 Å². The third-order valence-electron chi connectivity index (χ3n) is 2.04. The molecule has 5 heteroatoms. The normalized spacial score (nSPS) is 36.2. The fourth-order valence-corrected chi connectivity index (χ4v) is 0.894. The molecule has 0 aromatic heterocycles. The minimum atomic E-state index is -4.28. The van der Waals surface area contributed by atoms with Crippen molar-refractivity contribution in [2.45, 2.75) is 25.8 Å². The van der Waals surface area contributed by atoms with Gasteiger partial charge in [0.2, 0.25) is 0 Å². The lowest BCUT2D eigenvalue weighted by atomic mass is 9.98. The van der Waals surface area contributed by atoms with Gasteiger partial charge in [-0.15, -0.1) is 0 Å². The van der Waals surface area contributed by atoms with Crippen LogP contribution in [-0.2, 0) is 9.47 Å². The topological polar surface area (TPSA) is 18.5 Å². The molecular formula is C7H11F3O2. The molecule has 1 aliphatic heterocycles. The van der Waals surface area contributed by atoms with E-state index in [1.807, 2.05) is 0 Å². The van der Waals surface area contributed by atoms with Crippen LogP contribution >= 0.6 is 0 Å². The van der Waals surface area contributed by atoms with Crippen molar-refractivity contribution in [2.75, 3.05) is 13.2 Å². The molecule has 1 heterocycles. The predicted molar refractivity (Wildman–Crippen MR) is 35.5 cm³/mol. The number of hydrogen-bond acceptors (Lipinski definition) is 2. The molecule has 0 bridgehead atoms. The van der Waals surface area contributed by atoms with Gasteiger partial charge in [0.15, 0.2) is 5.79 Å². The van der Waals surface area contributed by atoms with Crippen molar-refractivity contribution in [3.8, 4) is 0 Å². The first-order valence-corrected chi connectivity index (χ1v) is 3.68. The number of hydrogen-bond donors (Lipinski definition) is 0. The van der Waals surface area contributed by atoms with E-state index in [9.17, 15) is 13.2 Å². The standard InChI is InChI=1S/C7H11F3O2/c1-5-3-11-6(5,2)12-4-7(8,9)10/h5H,3-4H2,1-2H3. The maximum atomic E-state index is 11.7. The van der Waals surface area contributed by atoms with Crippen LogP contribution < -0.4 is 0 Å². The minimum Gasteiger partial charge on any atom is -0.349 e. The molecule has 0 amide bonds. The van der Waals surface area contributed by atoms with Gasteiger partial charge >= 0.3 is 6.18 Å². The van der Waals surface area contributed by atoms with Gasteiger partial charge in [-0.1, -0.05) is 6.92 Å². The molecule has 1 aliphatic rings. The second kappa shape index (κ2) is 2.88. The van der Waals surface area contributed by atoms with E-state index in [0.717, 1.165) is 0 Å². The maximum absolute atomic E-state index is 11.7. The van der Waals surface area contributed by atoms with Crippen molar-refractivity contribution < 1.29 is 22.6 Å². The molecule has 2 atom stereocenters. The fourth-order valence-electron chi connectivity index (χ4n) is 0.894. The molecule has 0 aromatic carbocycles. The first-order chi connectivity index (χ1) is 5.33. The van der Waals surface area contributed by atoms with Gasteiger partial charge in [-0.05, 0) is 6.92 Å². The third kappa shape index (κ3) is 2.10. The molecule has 0 spiro atoms. The van der Waals surface area contributed by atoms with E-state index in [1.54, 1.807) is 6.92 Å². The zero-order chi connectivity index (χ0) is 9.41. The molecule has 12 heavy (non-hydrogen) atoms. The molecule has 1 rings (SSSR count). The molecule has 0 N–H and O–H groups in total. The molecule has 1 saturated heterocycles. The fraction of sp³-hybridized carbons (Fsp3) is 1.00. The molecule has 0 aromatic rings. The van der Waals surface area contributed by atoms with Crippen LogP contribution in [0.5, 0.6) is 0 Å². The monoisotopic (exact) mass is 184 g/mol. The van der Waals surface area contributed by atoms with Crippen LogP contribution in [0.4, 0.5) is 13.2 Å². The van der Waals surface area contributed by atoms with Crippen molar-refractivity contribution in [2.24, 2.45) is 5.92 Å². The van der Waals surface area contributed by atoms with Crippen LogP contribution in [0.25, 0.3) is 0 Å². The predicted octanol–water partition coefficient (Wildman–Crippen LogP) is 1.95. The van der Waals surface area contributed by atoms with Gasteiger partial charge in [0, 0.05) is 5.92 Å². The smallest absolute Gasteiger partial charge is 0.349 e. The van der Waals surface area contributed by atoms with Gasteiger partial charge < -0.3 is 9.47 Å². The van der Waals surface area contributed by atoms with Gasteiger partial charge in [-0.25, -0.2) is 0 Å². The molecule has 2 nitrogen and oxygen atoms in total. The Bertz CT molecular complexity index is 169. The SMILES string of the molecule is CC1COC1(C)OCC(F)(F)F. The van der Waals surface area contributed by atoms with Crippen LogP contribution in [0.2, 0.25) is 0 Å². The summed E-state index contributed by atoms with van der Waals surface area (Å²) in [5, 5.41) is 0. The zero-order valence-corrected chi connectivity index (χ0v) is 6.94. The van der Waals surface area contributed by atoms with E-state index in [1.165, 1.54) is 6.92 Å². The van der Waals surface area contributed by atoms with Crippen LogP contribution in [0.15, 0.2) is 0 Å². The summed E-state index contributed by atoms with van der Waals surface area (Å²) in [5.74, 6) is -1.00. The van der Waals surface area contributed by atoms with Crippen molar-refractivity contribution in [1.29, 1.82) is 0 Å². The highest BCUT2D eigenvalue weighted by molar-refractivity contribution is 4.80. The maximum Gasteiger partial charge on any atom is 0.411 e. The summed E-state index contributed by atoms with van der Waals surface area (Å²) >= 11 is 0. The van der Waals surface area contributed by atoms with Gasteiger partial charge in [0.25, 0.3) is 0 Å². The molecule has 0 saturated carbocycles. The summed E-state index contributed by atoms with van der Waals surface area (Å²) < 4.78 is 44.6. The van der Waals surface area contributed by atoms with E-state index in [4.69, 9.17) is 4.74 Å². The third-order valence-corrected chi connectivity index (χ3v) is 2.04. The summed E-state index contributed by atoms with van der Waals surface area (Å²) in [6, 6.07) is 0. The quantitative estimate of drug-likeness (QED) is 0.653.